The summed E-state index contributed by atoms with van der Waals surface area (Å²) in [4.78, 5) is 16.3. The molecule has 2 aromatic carbocycles. The zero-order chi connectivity index (χ0) is 14.8. The fraction of sp³-hybridized carbons (Fsp3) is 0.125. The summed E-state index contributed by atoms with van der Waals surface area (Å²) in [6, 6.07) is 10.5. The van der Waals surface area contributed by atoms with E-state index in [4.69, 9.17) is 0 Å². The Morgan fingerprint density at radius 1 is 1.33 bits per heavy atom. The van der Waals surface area contributed by atoms with Crippen molar-refractivity contribution >= 4 is 27.5 Å². The van der Waals surface area contributed by atoms with Gasteiger partial charge in [0.1, 0.15) is 5.82 Å². The molecule has 3 nitrogen and oxygen atoms in total. The third kappa shape index (κ3) is 2.78. The van der Waals surface area contributed by atoms with Gasteiger partial charge in [0.25, 0.3) is 5.91 Å². The lowest BCUT2D eigenvalue weighted by Gasteiger charge is -2.08. The largest absolute Gasteiger partial charge is 0.348 e. The first-order valence-electron chi connectivity index (χ1n) is 6.50. The van der Waals surface area contributed by atoms with Crippen molar-refractivity contribution < 1.29 is 9.18 Å². The Hall–Kier alpha value is -2.27. The molecule has 0 spiro atoms. The zero-order valence-electron chi connectivity index (χ0n) is 11.4. The minimum Gasteiger partial charge on any atom is -0.348 e. The second kappa shape index (κ2) is 5.61. The quantitative estimate of drug-likeness (QED) is 0.802. The molecule has 0 aliphatic heterocycles. The number of hydrogen-bond acceptors (Lipinski definition) is 3. The summed E-state index contributed by atoms with van der Waals surface area (Å²) in [6.07, 6.45) is 0. The molecule has 106 valence electrons. The number of benzene rings is 2. The lowest BCUT2D eigenvalue weighted by atomic mass is 10.1. The number of rotatable bonds is 3. The number of carbonyl (C=O) groups is 1. The van der Waals surface area contributed by atoms with Crippen LogP contribution in [0.25, 0.3) is 10.2 Å². The van der Waals surface area contributed by atoms with Gasteiger partial charge in [0.2, 0.25) is 0 Å². The molecule has 21 heavy (non-hydrogen) atoms. The molecule has 0 bridgehead atoms. The molecule has 3 rings (SSSR count). The van der Waals surface area contributed by atoms with Crippen molar-refractivity contribution in [2.24, 2.45) is 0 Å². The number of aromatic nitrogens is 1. The van der Waals surface area contributed by atoms with Crippen LogP contribution in [0.3, 0.4) is 0 Å². The van der Waals surface area contributed by atoms with E-state index in [2.05, 4.69) is 10.3 Å². The lowest BCUT2D eigenvalue weighted by molar-refractivity contribution is 0.0950. The Morgan fingerprint density at radius 2 is 2.19 bits per heavy atom. The minimum absolute atomic E-state index is 0.174. The van der Waals surface area contributed by atoms with E-state index in [1.165, 1.54) is 11.3 Å². The van der Waals surface area contributed by atoms with Crippen molar-refractivity contribution in [3.05, 3.63) is 64.4 Å². The van der Waals surface area contributed by atoms with E-state index in [9.17, 15) is 9.18 Å². The fourth-order valence-electron chi connectivity index (χ4n) is 2.12. The van der Waals surface area contributed by atoms with E-state index in [0.29, 0.717) is 16.7 Å². The number of nitrogens with zero attached hydrogens (tertiary/aromatic N) is 1. The Kier molecular flexibility index (Phi) is 3.66. The SMILES string of the molecule is Cc1cccc(CNC(=O)c2ccc3ncsc3c2)c1F. The maximum absolute atomic E-state index is 13.9. The average Bonchev–Trinajstić information content (AvgIpc) is 2.96. The topological polar surface area (TPSA) is 42.0 Å². The summed E-state index contributed by atoms with van der Waals surface area (Å²) in [5.41, 5.74) is 4.24. The molecule has 1 N–H and O–H groups in total. The van der Waals surface area contributed by atoms with Crippen LogP contribution in [0.2, 0.25) is 0 Å². The van der Waals surface area contributed by atoms with Crippen LogP contribution < -0.4 is 5.32 Å². The third-order valence-corrected chi connectivity index (χ3v) is 4.10. The first kappa shape index (κ1) is 13.7. The van der Waals surface area contributed by atoms with Crippen LogP contribution in [0.15, 0.2) is 41.9 Å². The van der Waals surface area contributed by atoms with Gasteiger partial charge in [0.15, 0.2) is 0 Å². The third-order valence-electron chi connectivity index (χ3n) is 3.30. The van der Waals surface area contributed by atoms with Gasteiger partial charge in [0.05, 0.1) is 15.7 Å². The van der Waals surface area contributed by atoms with Crippen molar-refractivity contribution in [1.82, 2.24) is 10.3 Å². The van der Waals surface area contributed by atoms with Crippen molar-refractivity contribution in [1.29, 1.82) is 0 Å². The first-order chi connectivity index (χ1) is 10.1. The van der Waals surface area contributed by atoms with Crippen LogP contribution in [0.1, 0.15) is 21.5 Å². The molecule has 0 atom stereocenters. The summed E-state index contributed by atoms with van der Waals surface area (Å²) in [6.45, 7) is 1.88. The summed E-state index contributed by atoms with van der Waals surface area (Å²) in [7, 11) is 0. The molecule has 0 fully saturated rings. The number of amides is 1. The molecular weight excluding hydrogens is 287 g/mol. The van der Waals surface area contributed by atoms with Crippen molar-refractivity contribution in [2.45, 2.75) is 13.5 Å². The van der Waals surface area contributed by atoms with Gasteiger partial charge >= 0.3 is 0 Å². The van der Waals surface area contributed by atoms with E-state index in [-0.39, 0.29) is 18.3 Å². The molecule has 0 unspecified atom stereocenters. The first-order valence-corrected chi connectivity index (χ1v) is 7.38. The molecule has 1 aromatic heterocycles. The van der Waals surface area contributed by atoms with Gasteiger partial charge in [-0.15, -0.1) is 11.3 Å². The van der Waals surface area contributed by atoms with Gasteiger partial charge in [-0.25, -0.2) is 9.37 Å². The molecule has 0 aliphatic rings. The number of halogens is 1. The number of hydrogen-bond donors (Lipinski definition) is 1. The molecule has 3 aromatic rings. The Bertz CT molecular complexity index is 813. The second-order valence-corrected chi connectivity index (χ2v) is 5.65. The smallest absolute Gasteiger partial charge is 0.251 e. The maximum Gasteiger partial charge on any atom is 0.251 e. The highest BCUT2D eigenvalue weighted by atomic mass is 32.1. The van der Waals surface area contributed by atoms with Gasteiger partial charge in [-0.05, 0) is 30.7 Å². The van der Waals surface area contributed by atoms with E-state index in [1.54, 1.807) is 42.8 Å². The predicted molar refractivity (Wildman–Crippen MR) is 81.9 cm³/mol. The molecule has 1 amide bonds. The Morgan fingerprint density at radius 3 is 3.05 bits per heavy atom. The van der Waals surface area contributed by atoms with Gasteiger partial charge in [0, 0.05) is 17.7 Å². The molecule has 0 radical (unpaired) electrons. The highest BCUT2D eigenvalue weighted by Gasteiger charge is 2.09. The van der Waals surface area contributed by atoms with E-state index in [1.807, 2.05) is 6.07 Å². The molecule has 0 saturated heterocycles. The van der Waals surface area contributed by atoms with Gasteiger partial charge < -0.3 is 5.32 Å². The monoisotopic (exact) mass is 300 g/mol. The normalized spacial score (nSPS) is 10.8. The van der Waals surface area contributed by atoms with E-state index < -0.39 is 0 Å². The summed E-state index contributed by atoms with van der Waals surface area (Å²) < 4.78 is 14.8. The number of thiazole rings is 1. The predicted octanol–water partition coefficient (Wildman–Crippen LogP) is 3.67. The van der Waals surface area contributed by atoms with Crippen molar-refractivity contribution in [2.75, 3.05) is 0 Å². The number of aryl methyl sites for hydroxylation is 1. The van der Waals surface area contributed by atoms with Crippen molar-refractivity contribution in [3.63, 3.8) is 0 Å². The molecule has 0 aliphatic carbocycles. The number of carbonyl (C=O) groups excluding carboxylic acids is 1. The lowest BCUT2D eigenvalue weighted by Crippen LogP contribution is -2.23. The van der Waals surface area contributed by atoms with E-state index in [0.717, 1.165) is 10.2 Å². The van der Waals surface area contributed by atoms with Gasteiger partial charge in [-0.2, -0.15) is 0 Å². The molecule has 0 saturated carbocycles. The fourth-order valence-corrected chi connectivity index (χ4v) is 2.83. The minimum atomic E-state index is -0.268. The standard InChI is InChI=1S/C16H13FN2OS/c1-10-3-2-4-12(15(10)17)8-18-16(20)11-5-6-13-14(7-11)21-9-19-13/h2-7,9H,8H2,1H3,(H,18,20). The highest BCUT2D eigenvalue weighted by Crippen LogP contribution is 2.19. The van der Waals surface area contributed by atoms with Gasteiger partial charge in [-0.3, -0.25) is 4.79 Å². The Labute approximate surface area is 125 Å². The average molecular weight is 300 g/mol. The number of fused-ring (bicyclic) bond motifs is 1. The van der Waals surface area contributed by atoms with Crippen molar-refractivity contribution in [3.8, 4) is 0 Å². The summed E-state index contributed by atoms with van der Waals surface area (Å²) >= 11 is 1.49. The molecule has 5 heteroatoms. The molecular formula is C16H13FN2OS. The maximum atomic E-state index is 13.9. The van der Waals surface area contributed by atoms with Crippen LogP contribution >= 0.6 is 11.3 Å². The van der Waals surface area contributed by atoms with Crippen LogP contribution in [0.5, 0.6) is 0 Å². The zero-order valence-corrected chi connectivity index (χ0v) is 12.2. The van der Waals surface area contributed by atoms with Crippen LogP contribution in [-0.4, -0.2) is 10.9 Å². The highest BCUT2D eigenvalue weighted by molar-refractivity contribution is 7.16. The van der Waals surface area contributed by atoms with E-state index >= 15 is 0 Å². The van der Waals surface area contributed by atoms with Crippen LogP contribution in [-0.2, 0) is 6.54 Å². The summed E-state index contributed by atoms with van der Waals surface area (Å²) in [5.74, 6) is -0.484. The Balaban J connectivity index is 1.75. The second-order valence-electron chi connectivity index (χ2n) is 4.77. The molecule has 1 heterocycles. The van der Waals surface area contributed by atoms with Crippen LogP contribution in [0, 0.1) is 12.7 Å². The van der Waals surface area contributed by atoms with Crippen LogP contribution in [0.4, 0.5) is 4.39 Å². The number of nitrogens with one attached hydrogen (secondary N) is 1. The summed E-state index contributed by atoms with van der Waals surface area (Å²) in [5, 5.41) is 2.75. The van der Waals surface area contributed by atoms with Gasteiger partial charge in [-0.1, -0.05) is 18.2 Å².